The van der Waals surface area contributed by atoms with Crippen LogP contribution in [-0.2, 0) is 14.3 Å². The number of anilines is 1. The van der Waals surface area contributed by atoms with E-state index in [4.69, 9.17) is 9.47 Å². The molecule has 2 atom stereocenters. The number of amides is 3. The molecule has 0 fully saturated rings. The van der Waals surface area contributed by atoms with Gasteiger partial charge in [-0.15, -0.1) is 0 Å². The number of nitrogens with one attached hydrogen (secondary N) is 2. The number of benzene rings is 2. The molecule has 0 saturated heterocycles. The molecular formula is C28H39N3O6. The van der Waals surface area contributed by atoms with Gasteiger partial charge in [-0.25, -0.2) is 4.79 Å². The molecule has 0 aliphatic carbocycles. The van der Waals surface area contributed by atoms with Crippen molar-refractivity contribution in [3.05, 3.63) is 60.2 Å². The highest BCUT2D eigenvalue weighted by Crippen LogP contribution is 2.33. The normalized spacial score (nSPS) is 13.2. The third kappa shape index (κ3) is 8.21. The molecule has 37 heavy (non-hydrogen) atoms. The van der Waals surface area contributed by atoms with Gasteiger partial charge in [0.1, 0.15) is 23.4 Å². The van der Waals surface area contributed by atoms with Crippen LogP contribution in [0.3, 0.4) is 0 Å². The third-order valence-electron chi connectivity index (χ3n) is 5.91. The summed E-state index contributed by atoms with van der Waals surface area (Å²) in [6.45, 7) is 10.00. The van der Waals surface area contributed by atoms with Gasteiger partial charge in [0.25, 0.3) is 5.91 Å². The van der Waals surface area contributed by atoms with Crippen LogP contribution in [0.25, 0.3) is 0 Å². The lowest BCUT2D eigenvalue weighted by Gasteiger charge is -2.44. The van der Waals surface area contributed by atoms with Gasteiger partial charge in [0.05, 0.1) is 13.7 Å². The van der Waals surface area contributed by atoms with E-state index in [0.717, 1.165) is 0 Å². The first-order chi connectivity index (χ1) is 17.3. The molecule has 0 bridgehead atoms. The number of hydrogen-bond acceptors (Lipinski definition) is 6. The molecule has 2 aromatic rings. The van der Waals surface area contributed by atoms with Crippen LogP contribution in [0, 0.1) is 0 Å². The number of rotatable bonds is 10. The zero-order chi connectivity index (χ0) is 27.8. The van der Waals surface area contributed by atoms with Gasteiger partial charge in [-0.1, -0.05) is 37.3 Å². The van der Waals surface area contributed by atoms with Gasteiger partial charge in [0.15, 0.2) is 0 Å². The summed E-state index contributed by atoms with van der Waals surface area (Å²) in [5.41, 5.74) is -0.505. The van der Waals surface area contributed by atoms with Crippen molar-refractivity contribution in [1.29, 1.82) is 0 Å². The van der Waals surface area contributed by atoms with Gasteiger partial charge in [-0.05, 0) is 70.9 Å². The van der Waals surface area contributed by atoms with Crippen LogP contribution >= 0.6 is 0 Å². The predicted molar refractivity (Wildman–Crippen MR) is 142 cm³/mol. The number of nitrogens with zero attached hydrogens (tertiary/aromatic N) is 1. The van der Waals surface area contributed by atoms with E-state index in [0.29, 0.717) is 23.4 Å². The second-order valence-electron chi connectivity index (χ2n) is 10.3. The Kier molecular flexibility index (Phi) is 10.1. The van der Waals surface area contributed by atoms with Gasteiger partial charge in [-0.2, -0.15) is 0 Å². The molecule has 3 amide bonds. The SMILES string of the molecule is CCC(C)(C)N(C(=O)C(CO)NC(=O)OC(C)(C)C)C(C(=O)Nc1ccc(OC)cc1)c1ccccc1. The van der Waals surface area contributed by atoms with E-state index in [1.807, 2.05) is 26.8 Å². The topological polar surface area (TPSA) is 117 Å². The van der Waals surface area contributed by atoms with E-state index < -0.39 is 47.7 Å². The van der Waals surface area contributed by atoms with Crippen LogP contribution in [0.2, 0.25) is 0 Å². The van der Waals surface area contributed by atoms with Gasteiger partial charge < -0.3 is 30.1 Å². The Balaban J connectivity index is 2.51. The fourth-order valence-corrected chi connectivity index (χ4v) is 3.69. The second kappa shape index (κ2) is 12.6. The van der Waals surface area contributed by atoms with Gasteiger partial charge in [-0.3, -0.25) is 9.59 Å². The van der Waals surface area contributed by atoms with Crippen molar-refractivity contribution >= 4 is 23.6 Å². The minimum Gasteiger partial charge on any atom is -0.497 e. The van der Waals surface area contributed by atoms with Crippen LogP contribution < -0.4 is 15.4 Å². The minimum absolute atomic E-state index is 0.444. The summed E-state index contributed by atoms with van der Waals surface area (Å²) >= 11 is 0. The lowest BCUT2D eigenvalue weighted by Crippen LogP contribution is -2.59. The maximum absolute atomic E-state index is 13.9. The lowest BCUT2D eigenvalue weighted by molar-refractivity contribution is -0.148. The monoisotopic (exact) mass is 513 g/mol. The summed E-state index contributed by atoms with van der Waals surface area (Å²) < 4.78 is 10.5. The van der Waals surface area contributed by atoms with E-state index in [2.05, 4.69) is 10.6 Å². The fraction of sp³-hybridized carbons (Fsp3) is 0.464. The second-order valence-corrected chi connectivity index (χ2v) is 10.3. The van der Waals surface area contributed by atoms with Crippen LogP contribution in [-0.4, -0.2) is 58.8 Å². The van der Waals surface area contributed by atoms with Crippen molar-refractivity contribution in [2.24, 2.45) is 0 Å². The maximum atomic E-state index is 13.9. The number of hydrogen-bond donors (Lipinski definition) is 3. The number of aliphatic hydroxyl groups excluding tert-OH is 1. The Morgan fingerprint density at radius 1 is 0.973 bits per heavy atom. The van der Waals surface area contributed by atoms with Gasteiger partial charge in [0, 0.05) is 11.2 Å². The van der Waals surface area contributed by atoms with E-state index in [9.17, 15) is 19.5 Å². The molecular weight excluding hydrogens is 474 g/mol. The molecule has 0 radical (unpaired) electrons. The van der Waals surface area contributed by atoms with Crippen molar-refractivity contribution in [2.45, 2.75) is 71.2 Å². The molecule has 9 nitrogen and oxygen atoms in total. The Morgan fingerprint density at radius 3 is 2.05 bits per heavy atom. The number of alkyl carbamates (subject to hydrolysis) is 1. The van der Waals surface area contributed by atoms with Crippen molar-refractivity contribution in [1.82, 2.24) is 10.2 Å². The Hall–Kier alpha value is -3.59. The number of aliphatic hydroxyl groups is 1. The van der Waals surface area contributed by atoms with E-state index in [1.165, 1.54) is 4.90 Å². The summed E-state index contributed by atoms with van der Waals surface area (Å²) in [4.78, 5) is 41.6. The number of carbonyl (C=O) groups is 3. The third-order valence-corrected chi connectivity index (χ3v) is 5.91. The summed E-state index contributed by atoms with van der Waals surface area (Å²) in [5, 5.41) is 15.4. The first-order valence-electron chi connectivity index (χ1n) is 12.3. The zero-order valence-corrected chi connectivity index (χ0v) is 22.7. The molecule has 9 heteroatoms. The maximum Gasteiger partial charge on any atom is 0.408 e. The molecule has 0 saturated carbocycles. The molecule has 0 heterocycles. The first kappa shape index (κ1) is 29.6. The zero-order valence-electron chi connectivity index (χ0n) is 22.7. The van der Waals surface area contributed by atoms with Gasteiger partial charge in [0.2, 0.25) is 5.91 Å². The van der Waals surface area contributed by atoms with Crippen LogP contribution in [0.1, 0.15) is 59.6 Å². The molecule has 0 aliphatic heterocycles. The minimum atomic E-state index is -1.32. The molecule has 2 aromatic carbocycles. The molecule has 0 aliphatic rings. The van der Waals surface area contributed by atoms with Crippen molar-refractivity contribution in [3.8, 4) is 5.75 Å². The highest BCUT2D eigenvalue weighted by molar-refractivity contribution is 5.99. The number of ether oxygens (including phenoxy) is 2. The van der Waals surface area contributed by atoms with Crippen LogP contribution in [0.4, 0.5) is 10.5 Å². The van der Waals surface area contributed by atoms with Gasteiger partial charge >= 0.3 is 6.09 Å². The summed E-state index contributed by atoms with van der Waals surface area (Å²) in [6, 6.07) is 13.4. The summed E-state index contributed by atoms with van der Waals surface area (Å²) in [5.74, 6) is -0.417. The largest absolute Gasteiger partial charge is 0.497 e. The highest BCUT2D eigenvalue weighted by Gasteiger charge is 2.43. The van der Waals surface area contributed by atoms with E-state index >= 15 is 0 Å². The molecule has 202 valence electrons. The smallest absolute Gasteiger partial charge is 0.408 e. The summed E-state index contributed by atoms with van der Waals surface area (Å²) in [6.07, 6.45) is -0.337. The fourth-order valence-electron chi connectivity index (χ4n) is 3.69. The van der Waals surface area contributed by atoms with Crippen molar-refractivity contribution < 1.29 is 29.0 Å². The predicted octanol–water partition coefficient (Wildman–Crippen LogP) is 4.28. The average Bonchev–Trinajstić information content (AvgIpc) is 2.85. The Bertz CT molecular complexity index is 1050. The molecule has 2 rings (SSSR count). The van der Waals surface area contributed by atoms with Crippen LogP contribution in [0.15, 0.2) is 54.6 Å². The first-order valence-corrected chi connectivity index (χ1v) is 12.3. The van der Waals surface area contributed by atoms with Crippen LogP contribution in [0.5, 0.6) is 5.75 Å². The standard InChI is InChI=1S/C28H39N3O6/c1-8-28(5,6)31(25(34)22(18-32)30-26(35)37-27(2,3)4)23(19-12-10-9-11-13-19)24(33)29-20-14-16-21(36-7)17-15-20/h9-17,22-23,32H,8,18H2,1-7H3,(H,29,33)(H,30,35). The molecule has 0 spiro atoms. The Morgan fingerprint density at radius 2 is 1.57 bits per heavy atom. The highest BCUT2D eigenvalue weighted by atomic mass is 16.6. The molecule has 3 N–H and O–H groups in total. The van der Waals surface area contributed by atoms with Crippen molar-refractivity contribution in [2.75, 3.05) is 19.0 Å². The van der Waals surface area contributed by atoms with E-state index in [1.54, 1.807) is 76.4 Å². The number of methoxy groups -OCH3 is 1. The Labute approximate surface area is 219 Å². The molecule has 2 unspecified atom stereocenters. The summed E-state index contributed by atoms with van der Waals surface area (Å²) in [7, 11) is 1.55. The van der Waals surface area contributed by atoms with Crippen molar-refractivity contribution in [3.63, 3.8) is 0 Å². The lowest BCUT2D eigenvalue weighted by atomic mass is 9.92. The quantitative estimate of drug-likeness (QED) is 0.437. The van der Waals surface area contributed by atoms with E-state index in [-0.39, 0.29) is 0 Å². The molecule has 0 aromatic heterocycles. The average molecular weight is 514 g/mol. The number of carbonyl (C=O) groups excluding carboxylic acids is 3.